The Morgan fingerprint density at radius 2 is 1.44 bits per heavy atom. The first-order valence-corrected chi connectivity index (χ1v) is 12.3. The summed E-state index contributed by atoms with van der Waals surface area (Å²) in [6, 6.07) is 12.8. The summed E-state index contributed by atoms with van der Waals surface area (Å²) >= 11 is 0. The van der Waals surface area contributed by atoms with E-state index in [9.17, 15) is 19.2 Å². The Balaban J connectivity index is 1.78. The number of hydrogen-bond acceptors (Lipinski definition) is 12. The monoisotopic (exact) mass is 544 g/mol. The molecule has 1 N–H and O–H groups in total. The SMILES string of the molecule is CC(=O)OC[C@H]1O[C@@H](Oc2ccc(CNCc3ccccn3)cc2)[C@H](OC(C)=O)[C@@H](OC(C)=O)[C@@H]1OC(C)=O. The lowest BCUT2D eigenvalue weighted by Gasteiger charge is -2.43. The van der Waals surface area contributed by atoms with Gasteiger partial charge in [0.25, 0.3) is 0 Å². The van der Waals surface area contributed by atoms with Crippen LogP contribution in [0.4, 0.5) is 0 Å². The Labute approximate surface area is 225 Å². The molecule has 39 heavy (non-hydrogen) atoms. The highest BCUT2D eigenvalue weighted by molar-refractivity contribution is 5.68. The number of ether oxygens (including phenoxy) is 6. The van der Waals surface area contributed by atoms with Gasteiger partial charge < -0.3 is 33.7 Å². The Morgan fingerprint density at radius 1 is 0.795 bits per heavy atom. The van der Waals surface area contributed by atoms with Crippen LogP contribution in [0.2, 0.25) is 0 Å². The first-order valence-electron chi connectivity index (χ1n) is 12.3. The third-order valence-electron chi connectivity index (χ3n) is 5.49. The van der Waals surface area contributed by atoms with E-state index in [-0.39, 0.29) is 6.61 Å². The average molecular weight is 545 g/mol. The van der Waals surface area contributed by atoms with Crippen molar-refractivity contribution in [3.05, 3.63) is 59.9 Å². The molecule has 2 aromatic rings. The Bertz CT molecular complexity index is 1130. The lowest BCUT2D eigenvalue weighted by atomic mass is 9.98. The molecule has 0 aliphatic carbocycles. The number of rotatable bonds is 11. The van der Waals surface area contributed by atoms with Gasteiger partial charge in [0.2, 0.25) is 12.4 Å². The van der Waals surface area contributed by atoms with Gasteiger partial charge in [-0.15, -0.1) is 0 Å². The van der Waals surface area contributed by atoms with Gasteiger partial charge in [-0.25, -0.2) is 0 Å². The second-order valence-corrected chi connectivity index (χ2v) is 8.75. The maximum Gasteiger partial charge on any atom is 0.303 e. The van der Waals surface area contributed by atoms with Crippen molar-refractivity contribution in [1.29, 1.82) is 0 Å². The van der Waals surface area contributed by atoms with Crippen LogP contribution in [-0.4, -0.2) is 66.2 Å². The van der Waals surface area contributed by atoms with Crippen molar-refractivity contribution < 1.29 is 47.6 Å². The van der Waals surface area contributed by atoms with Crippen LogP contribution in [0.15, 0.2) is 48.7 Å². The van der Waals surface area contributed by atoms with Crippen LogP contribution in [0.25, 0.3) is 0 Å². The number of aromatic nitrogens is 1. The smallest absolute Gasteiger partial charge is 0.303 e. The molecule has 2 heterocycles. The van der Waals surface area contributed by atoms with Crippen LogP contribution < -0.4 is 10.1 Å². The average Bonchev–Trinajstić information content (AvgIpc) is 2.87. The second-order valence-electron chi connectivity index (χ2n) is 8.75. The van der Waals surface area contributed by atoms with E-state index < -0.39 is 54.6 Å². The summed E-state index contributed by atoms with van der Waals surface area (Å²) in [5.41, 5.74) is 1.89. The fourth-order valence-electron chi connectivity index (χ4n) is 3.94. The Kier molecular flexibility index (Phi) is 10.8. The van der Waals surface area contributed by atoms with Crippen molar-refractivity contribution in [2.45, 2.75) is 71.5 Å². The lowest BCUT2D eigenvalue weighted by Crippen LogP contribution is -2.63. The minimum absolute atomic E-state index is 0.335. The highest BCUT2D eigenvalue weighted by Gasteiger charge is 2.53. The molecule has 1 aromatic carbocycles. The van der Waals surface area contributed by atoms with Gasteiger partial charge in [0.15, 0.2) is 12.2 Å². The number of nitrogens with zero attached hydrogens (tertiary/aromatic N) is 1. The van der Waals surface area contributed by atoms with E-state index in [1.165, 1.54) is 13.8 Å². The number of carbonyl (C=O) groups is 4. The van der Waals surface area contributed by atoms with E-state index in [0.29, 0.717) is 18.8 Å². The third kappa shape index (κ3) is 9.34. The van der Waals surface area contributed by atoms with Gasteiger partial charge in [-0.3, -0.25) is 24.2 Å². The molecule has 3 rings (SSSR count). The van der Waals surface area contributed by atoms with Crippen molar-refractivity contribution in [3.8, 4) is 5.75 Å². The zero-order valence-corrected chi connectivity index (χ0v) is 22.2. The first kappa shape index (κ1) is 29.5. The number of pyridine rings is 1. The van der Waals surface area contributed by atoms with E-state index in [1.807, 2.05) is 30.3 Å². The van der Waals surface area contributed by atoms with Gasteiger partial charge in [0.05, 0.1) is 5.69 Å². The van der Waals surface area contributed by atoms with Crippen LogP contribution in [0, 0.1) is 0 Å². The molecular formula is C27H32N2O10. The van der Waals surface area contributed by atoms with Gasteiger partial charge in [-0.1, -0.05) is 18.2 Å². The van der Waals surface area contributed by atoms with Crippen LogP contribution >= 0.6 is 0 Å². The van der Waals surface area contributed by atoms with Gasteiger partial charge in [-0.2, -0.15) is 0 Å². The molecule has 1 aromatic heterocycles. The minimum Gasteiger partial charge on any atom is -0.463 e. The van der Waals surface area contributed by atoms with Crippen molar-refractivity contribution in [1.82, 2.24) is 10.3 Å². The summed E-state index contributed by atoms with van der Waals surface area (Å²) in [7, 11) is 0. The zero-order valence-electron chi connectivity index (χ0n) is 22.2. The van der Waals surface area contributed by atoms with Gasteiger partial charge in [0, 0.05) is 47.0 Å². The molecule has 1 aliphatic rings. The molecule has 1 aliphatic heterocycles. The number of benzene rings is 1. The molecule has 5 atom stereocenters. The van der Waals surface area contributed by atoms with Crippen LogP contribution in [0.1, 0.15) is 39.0 Å². The van der Waals surface area contributed by atoms with Gasteiger partial charge >= 0.3 is 23.9 Å². The van der Waals surface area contributed by atoms with Crippen molar-refractivity contribution in [2.24, 2.45) is 0 Å². The quantitative estimate of drug-likeness (QED) is 0.325. The normalized spacial score (nSPS) is 22.3. The summed E-state index contributed by atoms with van der Waals surface area (Å²) in [6.45, 7) is 5.53. The van der Waals surface area contributed by atoms with Crippen LogP contribution in [0.5, 0.6) is 5.75 Å². The molecule has 1 fully saturated rings. The summed E-state index contributed by atoms with van der Waals surface area (Å²) in [5.74, 6) is -2.37. The standard InChI is InChI=1S/C27H32N2O10/c1-16(30)34-15-23-24(35-17(2)31)25(36-18(3)32)26(37-19(4)33)27(39-23)38-22-10-8-20(9-11-22)13-28-14-21-7-5-6-12-29-21/h5-12,23-28H,13-15H2,1-4H3/t23-,24-,25+,26-,27-/m1/s1. The van der Waals surface area contributed by atoms with Crippen molar-refractivity contribution >= 4 is 23.9 Å². The zero-order chi connectivity index (χ0) is 28.4. The predicted molar refractivity (Wildman–Crippen MR) is 134 cm³/mol. The van der Waals surface area contributed by atoms with Gasteiger partial charge in [-0.05, 0) is 29.8 Å². The fourth-order valence-corrected chi connectivity index (χ4v) is 3.94. The molecule has 0 amide bonds. The second kappa shape index (κ2) is 14.2. The first-order chi connectivity index (χ1) is 18.6. The van der Waals surface area contributed by atoms with Crippen molar-refractivity contribution in [3.63, 3.8) is 0 Å². The largest absolute Gasteiger partial charge is 0.463 e. The molecule has 0 bridgehead atoms. The Morgan fingerprint density at radius 3 is 2.03 bits per heavy atom. The highest BCUT2D eigenvalue weighted by atomic mass is 16.7. The van der Waals surface area contributed by atoms with Crippen LogP contribution in [0.3, 0.4) is 0 Å². The van der Waals surface area contributed by atoms with Gasteiger partial charge in [0.1, 0.15) is 18.5 Å². The Hall–Kier alpha value is -4.03. The summed E-state index contributed by atoms with van der Waals surface area (Å²) < 4.78 is 33.2. The maximum absolute atomic E-state index is 12.0. The summed E-state index contributed by atoms with van der Waals surface area (Å²) in [4.78, 5) is 51.5. The van der Waals surface area contributed by atoms with Crippen LogP contribution in [-0.2, 0) is 56.0 Å². The maximum atomic E-state index is 12.0. The molecule has 0 radical (unpaired) electrons. The third-order valence-corrected chi connectivity index (χ3v) is 5.49. The number of esters is 4. The molecule has 0 unspecified atom stereocenters. The predicted octanol–water partition coefficient (Wildman–Crippen LogP) is 1.83. The number of nitrogens with one attached hydrogen (secondary N) is 1. The molecular weight excluding hydrogens is 512 g/mol. The molecule has 0 spiro atoms. The van der Waals surface area contributed by atoms with Crippen molar-refractivity contribution in [2.75, 3.05) is 6.61 Å². The van der Waals surface area contributed by atoms with E-state index in [1.54, 1.807) is 18.3 Å². The van der Waals surface area contributed by atoms with E-state index >= 15 is 0 Å². The topological polar surface area (TPSA) is 149 Å². The highest BCUT2D eigenvalue weighted by Crippen LogP contribution is 2.31. The summed E-state index contributed by atoms with van der Waals surface area (Å²) in [6.07, 6.45) is -4.50. The lowest BCUT2D eigenvalue weighted by molar-refractivity contribution is -0.288. The van der Waals surface area contributed by atoms with E-state index in [4.69, 9.17) is 28.4 Å². The van der Waals surface area contributed by atoms with E-state index in [0.717, 1.165) is 25.1 Å². The molecule has 0 saturated carbocycles. The van der Waals surface area contributed by atoms with E-state index in [2.05, 4.69) is 10.3 Å². The minimum atomic E-state index is -1.30. The summed E-state index contributed by atoms with van der Waals surface area (Å²) in [5, 5.41) is 3.30. The molecule has 12 nitrogen and oxygen atoms in total. The number of hydrogen-bond donors (Lipinski definition) is 1. The fraction of sp³-hybridized carbons (Fsp3) is 0.444. The number of carbonyl (C=O) groups excluding carboxylic acids is 4. The molecule has 1 saturated heterocycles. The molecule has 210 valence electrons. The molecule has 12 heteroatoms.